The number of hydrogen-bond acceptors (Lipinski definition) is 5. The largest absolute Gasteiger partial charge is 0.478 e. The summed E-state index contributed by atoms with van der Waals surface area (Å²) in [4.78, 5) is 10.9. The number of thiocarbonyl (C=S) groups is 1. The van der Waals surface area contributed by atoms with Gasteiger partial charge in [-0.2, -0.15) is 0 Å². The molecule has 0 fully saturated rings. The highest BCUT2D eigenvalue weighted by molar-refractivity contribution is 8.32. The monoisotopic (exact) mass is 220 g/mol. The summed E-state index contributed by atoms with van der Waals surface area (Å²) in [5.74, 6) is 0. The van der Waals surface area contributed by atoms with Crippen LogP contribution >= 0.6 is 24.0 Å². The molecular formula is C8H12O3S2. The number of rotatable bonds is 4. The van der Waals surface area contributed by atoms with Gasteiger partial charge >= 0.3 is 5.30 Å². The van der Waals surface area contributed by atoms with Crippen LogP contribution in [-0.2, 0) is 9.47 Å². The molecule has 0 radical (unpaired) electrons. The van der Waals surface area contributed by atoms with Gasteiger partial charge in [-0.05, 0) is 25.6 Å². The molecule has 0 amide bonds. The fourth-order valence-electron chi connectivity index (χ4n) is 0.470. The summed E-state index contributed by atoms with van der Waals surface area (Å²) in [6.45, 7) is 6.10. The average molecular weight is 220 g/mol. The van der Waals surface area contributed by atoms with E-state index in [4.69, 9.17) is 21.7 Å². The topological polar surface area (TPSA) is 35.5 Å². The Kier molecular flexibility index (Phi) is 7.73. The molecule has 0 aromatic carbocycles. The van der Waals surface area contributed by atoms with Gasteiger partial charge in [-0.25, -0.2) is 4.79 Å². The van der Waals surface area contributed by atoms with Gasteiger partial charge in [0.25, 0.3) is 0 Å². The summed E-state index contributed by atoms with van der Waals surface area (Å²) in [5, 5.41) is -0.430. The van der Waals surface area contributed by atoms with E-state index in [2.05, 4.69) is 6.58 Å². The van der Waals surface area contributed by atoms with Gasteiger partial charge in [-0.1, -0.05) is 6.08 Å². The van der Waals surface area contributed by atoms with Crippen LogP contribution in [0.2, 0.25) is 0 Å². The molecule has 0 N–H and O–H groups in total. The summed E-state index contributed by atoms with van der Waals surface area (Å²) < 4.78 is 9.88. The Morgan fingerprint density at radius 3 is 2.85 bits per heavy atom. The van der Waals surface area contributed by atoms with E-state index in [1.54, 1.807) is 13.0 Å². The van der Waals surface area contributed by atoms with Crippen LogP contribution in [0.15, 0.2) is 12.7 Å². The minimum Gasteiger partial charge on any atom is -0.478 e. The lowest BCUT2D eigenvalue weighted by Crippen LogP contribution is -2.04. The van der Waals surface area contributed by atoms with Crippen molar-refractivity contribution in [3.63, 3.8) is 0 Å². The van der Waals surface area contributed by atoms with Crippen LogP contribution in [-0.4, -0.2) is 22.9 Å². The van der Waals surface area contributed by atoms with Gasteiger partial charge < -0.3 is 9.47 Å². The van der Waals surface area contributed by atoms with E-state index in [-0.39, 0.29) is 4.38 Å². The van der Waals surface area contributed by atoms with Crippen LogP contribution < -0.4 is 0 Å². The zero-order valence-corrected chi connectivity index (χ0v) is 9.08. The minimum absolute atomic E-state index is 0.200. The molecule has 0 saturated carbocycles. The number of carbonyl (C=O) groups excluding carboxylic acids is 1. The van der Waals surface area contributed by atoms with Crippen LogP contribution in [0.1, 0.15) is 13.3 Å². The first-order valence-corrected chi connectivity index (χ1v) is 5.05. The van der Waals surface area contributed by atoms with E-state index < -0.39 is 5.30 Å². The third kappa shape index (κ3) is 7.80. The molecular weight excluding hydrogens is 208 g/mol. The molecule has 5 heteroatoms. The summed E-state index contributed by atoms with van der Waals surface area (Å²) in [7, 11) is 0. The normalized spacial score (nSPS) is 9.00. The molecule has 0 unspecified atom stereocenters. The number of hydrogen-bond donors (Lipinski definition) is 0. The molecule has 13 heavy (non-hydrogen) atoms. The van der Waals surface area contributed by atoms with E-state index >= 15 is 0 Å². The van der Waals surface area contributed by atoms with E-state index in [1.807, 2.05) is 0 Å². The predicted octanol–water partition coefficient (Wildman–Crippen LogP) is 2.75. The summed E-state index contributed by atoms with van der Waals surface area (Å²) in [6, 6.07) is 0. The van der Waals surface area contributed by atoms with E-state index in [0.717, 1.165) is 11.8 Å². The second-order valence-corrected chi connectivity index (χ2v) is 3.50. The maximum absolute atomic E-state index is 10.9. The van der Waals surface area contributed by atoms with Crippen molar-refractivity contribution in [1.29, 1.82) is 0 Å². The van der Waals surface area contributed by atoms with Crippen LogP contribution in [0, 0.1) is 0 Å². The highest BCUT2D eigenvalue weighted by Crippen LogP contribution is 2.09. The first kappa shape index (κ1) is 12.4. The van der Waals surface area contributed by atoms with Gasteiger partial charge in [0.1, 0.15) is 0 Å². The molecule has 0 aromatic heterocycles. The van der Waals surface area contributed by atoms with Crippen LogP contribution in [0.3, 0.4) is 0 Å². The third-order valence-electron chi connectivity index (χ3n) is 0.971. The van der Waals surface area contributed by atoms with Crippen molar-refractivity contribution in [2.45, 2.75) is 13.3 Å². The third-order valence-corrected chi connectivity index (χ3v) is 1.91. The molecule has 0 aliphatic rings. The highest BCUT2D eigenvalue weighted by Gasteiger charge is 2.08. The molecule has 0 bridgehead atoms. The lowest BCUT2D eigenvalue weighted by molar-refractivity contribution is 0.177. The zero-order valence-electron chi connectivity index (χ0n) is 7.45. The summed E-state index contributed by atoms with van der Waals surface area (Å²) in [5.41, 5.74) is 0. The molecule has 0 aliphatic carbocycles. The van der Waals surface area contributed by atoms with Crippen molar-refractivity contribution in [2.24, 2.45) is 0 Å². The fraction of sp³-hybridized carbons (Fsp3) is 0.500. The second kappa shape index (κ2) is 8.07. The van der Waals surface area contributed by atoms with Crippen molar-refractivity contribution >= 4 is 33.7 Å². The Labute approximate surface area is 87.5 Å². The molecule has 0 spiro atoms. The highest BCUT2D eigenvalue weighted by atomic mass is 32.2. The molecule has 74 valence electrons. The van der Waals surface area contributed by atoms with E-state index in [0.29, 0.717) is 19.6 Å². The lowest BCUT2D eigenvalue weighted by atomic mass is 10.5. The van der Waals surface area contributed by atoms with Crippen molar-refractivity contribution in [2.75, 3.05) is 13.2 Å². The summed E-state index contributed by atoms with van der Waals surface area (Å²) >= 11 is 5.52. The van der Waals surface area contributed by atoms with Gasteiger partial charge in [0.15, 0.2) is 0 Å². The van der Waals surface area contributed by atoms with Crippen LogP contribution in [0.5, 0.6) is 0 Å². The molecule has 0 heterocycles. The maximum Gasteiger partial charge on any atom is 0.375 e. The first-order chi connectivity index (χ1) is 6.20. The molecule has 3 nitrogen and oxygen atoms in total. The predicted molar refractivity (Wildman–Crippen MR) is 58.0 cm³/mol. The SMILES string of the molecule is C=CCCOC(=O)SC(=S)OCC. The minimum atomic E-state index is -0.430. The molecule has 0 rings (SSSR count). The second-order valence-electron chi connectivity index (χ2n) is 1.96. The van der Waals surface area contributed by atoms with Crippen LogP contribution in [0.4, 0.5) is 4.79 Å². The lowest BCUT2D eigenvalue weighted by Gasteiger charge is -2.03. The van der Waals surface area contributed by atoms with Crippen LogP contribution in [0.25, 0.3) is 0 Å². The van der Waals surface area contributed by atoms with Crippen molar-refractivity contribution < 1.29 is 14.3 Å². The van der Waals surface area contributed by atoms with E-state index in [9.17, 15) is 4.79 Å². The Balaban J connectivity index is 3.49. The van der Waals surface area contributed by atoms with Gasteiger partial charge in [-0.3, -0.25) is 0 Å². The Bertz CT molecular complexity index is 192. The molecule has 0 aromatic rings. The Morgan fingerprint density at radius 2 is 2.31 bits per heavy atom. The van der Waals surface area contributed by atoms with E-state index in [1.165, 1.54) is 0 Å². The number of carbonyl (C=O) groups is 1. The van der Waals surface area contributed by atoms with Gasteiger partial charge in [0, 0.05) is 11.8 Å². The summed E-state index contributed by atoms with van der Waals surface area (Å²) in [6.07, 6.45) is 2.33. The number of ether oxygens (including phenoxy) is 2. The maximum atomic E-state index is 10.9. The average Bonchev–Trinajstić information content (AvgIpc) is 2.05. The zero-order chi connectivity index (χ0) is 10.1. The molecule has 0 atom stereocenters. The standard InChI is InChI=1S/C8H12O3S2/c1-3-5-6-11-7(9)13-8(12)10-4-2/h3H,1,4-6H2,2H3. The first-order valence-electron chi connectivity index (χ1n) is 3.83. The molecule has 0 aliphatic heterocycles. The van der Waals surface area contributed by atoms with Gasteiger partial charge in [0.2, 0.25) is 4.38 Å². The number of thioether (sulfide) groups is 1. The van der Waals surface area contributed by atoms with Crippen molar-refractivity contribution in [1.82, 2.24) is 0 Å². The Morgan fingerprint density at radius 1 is 1.62 bits per heavy atom. The van der Waals surface area contributed by atoms with Gasteiger partial charge in [-0.15, -0.1) is 6.58 Å². The van der Waals surface area contributed by atoms with Crippen molar-refractivity contribution in [3.8, 4) is 0 Å². The molecule has 0 saturated heterocycles. The Hall–Kier alpha value is -0.550. The quantitative estimate of drug-likeness (QED) is 0.315. The fourth-order valence-corrected chi connectivity index (χ4v) is 1.25. The van der Waals surface area contributed by atoms with Crippen molar-refractivity contribution in [3.05, 3.63) is 12.7 Å². The smallest absolute Gasteiger partial charge is 0.375 e. The van der Waals surface area contributed by atoms with Gasteiger partial charge in [0.05, 0.1) is 13.2 Å².